The summed E-state index contributed by atoms with van der Waals surface area (Å²) in [6, 6.07) is 2.50. The molecule has 0 aliphatic carbocycles. The highest BCUT2D eigenvalue weighted by atomic mass is 32.2. The number of benzene rings is 1. The van der Waals surface area contributed by atoms with Gasteiger partial charge in [0.25, 0.3) is 0 Å². The van der Waals surface area contributed by atoms with Crippen molar-refractivity contribution < 1.29 is 39.0 Å². The molecule has 1 heterocycles. The molecule has 4 amide bonds. The van der Waals surface area contributed by atoms with Crippen molar-refractivity contribution in [1.29, 1.82) is 0 Å². The number of rotatable bonds is 18. The monoisotopic (exact) mass is 592 g/mol. The van der Waals surface area contributed by atoms with Gasteiger partial charge in [-0.25, -0.2) is 4.79 Å². The molecule has 2 aromatic rings. The zero-order chi connectivity index (χ0) is 30.5. The minimum Gasteiger partial charge on any atom is -0.481 e. The average Bonchev–Trinajstić information content (AvgIpc) is 3.32. The van der Waals surface area contributed by atoms with Gasteiger partial charge in [0.05, 0.1) is 6.04 Å². The van der Waals surface area contributed by atoms with Gasteiger partial charge in [-0.3, -0.25) is 24.0 Å². The van der Waals surface area contributed by atoms with Crippen LogP contribution in [0.15, 0.2) is 30.5 Å². The minimum atomic E-state index is -1.49. The van der Waals surface area contributed by atoms with E-state index in [1.54, 1.807) is 12.5 Å². The second-order valence-corrected chi connectivity index (χ2v) is 10.4. The largest absolute Gasteiger partial charge is 0.481 e. The Hall–Kier alpha value is -4.11. The smallest absolute Gasteiger partial charge is 0.326 e. The Kier molecular flexibility index (Phi) is 13.1. The van der Waals surface area contributed by atoms with E-state index in [1.807, 2.05) is 24.3 Å². The van der Waals surface area contributed by atoms with Gasteiger partial charge in [0.15, 0.2) is 0 Å². The SMILES string of the molecule is CSCCC(NC(=O)C(N)Cc1c[nH]c2ccccc12)C(=O)NC(CCC(=O)O)C(=O)NC(CCC(N)=O)C(=O)O. The van der Waals surface area contributed by atoms with Crippen LogP contribution in [0.5, 0.6) is 0 Å². The molecule has 41 heavy (non-hydrogen) atoms. The third-order valence-corrected chi connectivity index (χ3v) is 6.91. The van der Waals surface area contributed by atoms with Gasteiger partial charge < -0.3 is 42.6 Å². The number of hydrogen-bond acceptors (Lipinski definition) is 8. The van der Waals surface area contributed by atoms with Gasteiger partial charge in [0.2, 0.25) is 23.6 Å². The summed E-state index contributed by atoms with van der Waals surface area (Å²) in [6.45, 7) is 0. The van der Waals surface area contributed by atoms with Crippen LogP contribution in [0.1, 0.15) is 37.7 Å². The standard InChI is InChI=1S/C26H36N6O8S/c1-41-11-10-19(30-23(36)16(27)12-14-13-29-17-5-3-2-4-15(14)17)25(38)31-18(7-9-22(34)35)24(37)32-20(26(39)40)6-8-21(28)33/h2-5,13,16,18-20,29H,6-12,27H2,1H3,(H2,28,33)(H,30,36)(H,31,38)(H,32,37)(H,34,35)(H,39,40). The van der Waals surface area contributed by atoms with Crippen molar-refractivity contribution in [2.45, 2.75) is 62.7 Å². The summed E-state index contributed by atoms with van der Waals surface area (Å²) >= 11 is 1.42. The summed E-state index contributed by atoms with van der Waals surface area (Å²) in [7, 11) is 0. The van der Waals surface area contributed by atoms with E-state index in [1.165, 1.54) is 11.8 Å². The first-order valence-electron chi connectivity index (χ1n) is 12.9. The lowest BCUT2D eigenvalue weighted by atomic mass is 10.0. The molecule has 224 valence electrons. The van der Waals surface area contributed by atoms with Gasteiger partial charge in [0, 0.05) is 29.9 Å². The number of carbonyl (C=O) groups excluding carboxylic acids is 4. The number of para-hydroxylation sites is 1. The van der Waals surface area contributed by atoms with Crippen LogP contribution in [-0.4, -0.2) is 86.9 Å². The molecule has 0 spiro atoms. The van der Waals surface area contributed by atoms with Gasteiger partial charge >= 0.3 is 11.9 Å². The topological polar surface area (TPSA) is 247 Å². The minimum absolute atomic E-state index is 0.183. The van der Waals surface area contributed by atoms with Gasteiger partial charge in [-0.15, -0.1) is 0 Å². The number of nitrogens with one attached hydrogen (secondary N) is 4. The molecule has 0 saturated carbocycles. The first-order valence-corrected chi connectivity index (χ1v) is 14.3. The number of amides is 4. The van der Waals surface area contributed by atoms with Crippen molar-refractivity contribution in [3.05, 3.63) is 36.0 Å². The highest BCUT2D eigenvalue weighted by Gasteiger charge is 2.31. The lowest BCUT2D eigenvalue weighted by molar-refractivity contribution is -0.143. The lowest BCUT2D eigenvalue weighted by Gasteiger charge is -2.25. The third-order valence-electron chi connectivity index (χ3n) is 6.27. The normalized spacial score (nSPS) is 13.9. The number of aromatic nitrogens is 1. The Morgan fingerprint density at radius 1 is 0.878 bits per heavy atom. The molecular formula is C26H36N6O8S. The highest BCUT2D eigenvalue weighted by Crippen LogP contribution is 2.19. The van der Waals surface area contributed by atoms with Crippen LogP contribution in [0.25, 0.3) is 10.9 Å². The second-order valence-electron chi connectivity index (χ2n) is 9.41. The van der Waals surface area contributed by atoms with Gasteiger partial charge in [-0.1, -0.05) is 18.2 Å². The number of carboxylic acids is 2. The number of hydrogen-bond donors (Lipinski definition) is 8. The molecule has 4 atom stereocenters. The third kappa shape index (κ3) is 10.8. The molecule has 4 unspecified atom stereocenters. The molecular weight excluding hydrogens is 556 g/mol. The summed E-state index contributed by atoms with van der Waals surface area (Å²) in [5, 5.41) is 26.7. The van der Waals surface area contributed by atoms with E-state index < -0.39 is 66.2 Å². The van der Waals surface area contributed by atoms with Crippen molar-refractivity contribution in [2.24, 2.45) is 11.5 Å². The number of primary amides is 1. The fraction of sp³-hybridized carbons (Fsp3) is 0.462. The lowest BCUT2D eigenvalue weighted by Crippen LogP contribution is -2.57. The predicted molar refractivity (Wildman–Crippen MR) is 152 cm³/mol. The molecule has 14 nitrogen and oxygen atoms in total. The maximum absolute atomic E-state index is 13.2. The molecule has 10 N–H and O–H groups in total. The van der Waals surface area contributed by atoms with Crippen LogP contribution < -0.4 is 27.4 Å². The number of H-pyrrole nitrogens is 1. The Morgan fingerprint density at radius 3 is 2.07 bits per heavy atom. The first-order chi connectivity index (χ1) is 19.4. The summed E-state index contributed by atoms with van der Waals surface area (Å²) in [5.41, 5.74) is 12.9. The molecule has 0 aliphatic rings. The van der Waals surface area contributed by atoms with Crippen molar-refractivity contribution in [2.75, 3.05) is 12.0 Å². The number of carbonyl (C=O) groups is 6. The number of thioether (sulfide) groups is 1. The van der Waals surface area contributed by atoms with Crippen LogP contribution in [-0.2, 0) is 35.2 Å². The Labute approximate surface area is 240 Å². The molecule has 0 bridgehead atoms. The number of aliphatic carboxylic acids is 2. The van der Waals surface area contributed by atoms with E-state index in [0.717, 1.165) is 16.5 Å². The first kappa shape index (κ1) is 33.1. The van der Waals surface area contributed by atoms with Crippen LogP contribution >= 0.6 is 11.8 Å². The van der Waals surface area contributed by atoms with E-state index in [9.17, 15) is 33.9 Å². The average molecular weight is 593 g/mol. The number of carboxylic acid groups (broad SMARTS) is 2. The highest BCUT2D eigenvalue weighted by molar-refractivity contribution is 7.98. The summed E-state index contributed by atoms with van der Waals surface area (Å²) in [6.07, 6.45) is 2.48. The van der Waals surface area contributed by atoms with Crippen LogP contribution in [0.2, 0.25) is 0 Å². The molecule has 2 rings (SSSR count). The van der Waals surface area contributed by atoms with E-state index >= 15 is 0 Å². The fourth-order valence-electron chi connectivity index (χ4n) is 4.04. The maximum Gasteiger partial charge on any atom is 0.326 e. The van der Waals surface area contributed by atoms with Crippen molar-refractivity contribution in [1.82, 2.24) is 20.9 Å². The molecule has 0 saturated heterocycles. The summed E-state index contributed by atoms with van der Waals surface area (Å²) in [5.74, 6) is -5.29. The fourth-order valence-corrected chi connectivity index (χ4v) is 4.51. The van der Waals surface area contributed by atoms with E-state index in [-0.39, 0.29) is 32.1 Å². The van der Waals surface area contributed by atoms with E-state index in [2.05, 4.69) is 20.9 Å². The van der Waals surface area contributed by atoms with Gasteiger partial charge in [-0.05, 0) is 49.3 Å². The zero-order valence-corrected chi connectivity index (χ0v) is 23.4. The van der Waals surface area contributed by atoms with Crippen LogP contribution in [0.3, 0.4) is 0 Å². The quantitative estimate of drug-likeness (QED) is 0.110. The molecule has 1 aromatic heterocycles. The van der Waals surface area contributed by atoms with Crippen LogP contribution in [0.4, 0.5) is 0 Å². The van der Waals surface area contributed by atoms with Crippen molar-refractivity contribution in [3.63, 3.8) is 0 Å². The number of aromatic amines is 1. The summed E-state index contributed by atoms with van der Waals surface area (Å²) in [4.78, 5) is 75.9. The Balaban J connectivity index is 2.13. The molecule has 1 aromatic carbocycles. The summed E-state index contributed by atoms with van der Waals surface area (Å²) < 4.78 is 0. The van der Waals surface area contributed by atoms with E-state index in [0.29, 0.717) is 5.75 Å². The molecule has 0 aliphatic heterocycles. The zero-order valence-electron chi connectivity index (χ0n) is 22.6. The second kappa shape index (κ2) is 16.2. The van der Waals surface area contributed by atoms with Gasteiger partial charge in [0.1, 0.15) is 18.1 Å². The van der Waals surface area contributed by atoms with Crippen LogP contribution in [0, 0.1) is 0 Å². The molecule has 15 heteroatoms. The Bertz CT molecular complexity index is 1250. The molecule has 0 fully saturated rings. The van der Waals surface area contributed by atoms with Crippen molar-refractivity contribution in [3.8, 4) is 0 Å². The number of nitrogens with two attached hydrogens (primary N) is 2. The van der Waals surface area contributed by atoms with E-state index in [4.69, 9.17) is 16.6 Å². The Morgan fingerprint density at radius 2 is 1.46 bits per heavy atom. The van der Waals surface area contributed by atoms with Crippen molar-refractivity contribution >= 4 is 58.2 Å². The number of fused-ring (bicyclic) bond motifs is 1. The van der Waals surface area contributed by atoms with Gasteiger partial charge in [-0.2, -0.15) is 11.8 Å². The maximum atomic E-state index is 13.2. The predicted octanol–water partition coefficient (Wildman–Crippen LogP) is -0.540. The molecule has 0 radical (unpaired) electrons.